The zero-order valence-electron chi connectivity index (χ0n) is 16.4. The first-order valence-electron chi connectivity index (χ1n) is 9.64. The first-order valence-corrected chi connectivity index (χ1v) is 9.64. The number of hydrogen-bond acceptors (Lipinski definition) is 5. The van der Waals surface area contributed by atoms with Crippen LogP contribution in [0.2, 0.25) is 0 Å². The number of benzene rings is 1. The van der Waals surface area contributed by atoms with E-state index < -0.39 is 11.9 Å². The van der Waals surface area contributed by atoms with Gasteiger partial charge in [-0.2, -0.15) is 0 Å². The van der Waals surface area contributed by atoms with Crippen LogP contribution in [0.1, 0.15) is 49.0 Å². The number of nitrogens with one attached hydrogen (secondary N) is 2. The van der Waals surface area contributed by atoms with Gasteiger partial charge in [0.05, 0.1) is 5.69 Å². The van der Waals surface area contributed by atoms with E-state index in [9.17, 15) is 9.59 Å². The van der Waals surface area contributed by atoms with Crippen molar-refractivity contribution < 1.29 is 18.8 Å². The molecule has 0 radical (unpaired) electrons. The summed E-state index contributed by atoms with van der Waals surface area (Å²) in [5.41, 5.74) is 1.88. The molecule has 1 unspecified atom stereocenters. The van der Waals surface area contributed by atoms with Crippen molar-refractivity contribution in [2.24, 2.45) is 11.3 Å². The maximum absolute atomic E-state index is 12.9. The van der Waals surface area contributed by atoms with Gasteiger partial charge in [0.1, 0.15) is 24.2 Å². The molecule has 2 N–H and O–H groups in total. The normalized spacial score (nSPS) is 21.6. The molecule has 2 heterocycles. The Labute approximate surface area is 163 Å². The minimum Gasteiger partial charge on any atom is -0.489 e. The van der Waals surface area contributed by atoms with Gasteiger partial charge in [-0.05, 0) is 36.3 Å². The molecule has 2 atom stereocenters. The smallest absolute Gasteiger partial charge is 0.274 e. The SMILES string of the molecule is CC(C)(C)C1CCc2onc(C(=O)N[C@H]3COc4ccccc4NC3=O)c2C1. The first kappa shape index (κ1) is 18.5. The van der Waals surface area contributed by atoms with Gasteiger partial charge in [0, 0.05) is 12.0 Å². The third kappa shape index (κ3) is 3.48. The van der Waals surface area contributed by atoms with Crippen molar-refractivity contribution in [1.29, 1.82) is 0 Å². The van der Waals surface area contributed by atoms with Gasteiger partial charge in [-0.3, -0.25) is 9.59 Å². The maximum Gasteiger partial charge on any atom is 0.274 e. The lowest BCUT2D eigenvalue weighted by atomic mass is 9.71. The molecular weight excluding hydrogens is 358 g/mol. The second kappa shape index (κ2) is 6.96. The Morgan fingerprint density at radius 3 is 2.86 bits per heavy atom. The minimum atomic E-state index is -0.811. The summed E-state index contributed by atoms with van der Waals surface area (Å²) in [5.74, 6) is 1.08. The second-order valence-electron chi connectivity index (χ2n) is 8.56. The van der Waals surface area contributed by atoms with E-state index in [0.717, 1.165) is 30.6 Å². The number of amides is 2. The molecule has 0 saturated heterocycles. The fourth-order valence-electron chi connectivity index (χ4n) is 3.82. The molecule has 148 valence electrons. The van der Waals surface area contributed by atoms with Crippen LogP contribution in [-0.2, 0) is 17.6 Å². The number of nitrogens with zero attached hydrogens (tertiary/aromatic N) is 1. The maximum atomic E-state index is 12.9. The molecule has 2 aliphatic rings. The molecule has 1 aliphatic heterocycles. The number of rotatable bonds is 2. The van der Waals surface area contributed by atoms with E-state index in [1.165, 1.54) is 0 Å². The zero-order chi connectivity index (χ0) is 19.9. The second-order valence-corrected chi connectivity index (χ2v) is 8.56. The number of carbonyl (C=O) groups excluding carboxylic acids is 2. The van der Waals surface area contributed by atoms with Gasteiger partial charge in [-0.1, -0.05) is 38.1 Å². The molecule has 2 aromatic rings. The van der Waals surface area contributed by atoms with Crippen LogP contribution in [0.5, 0.6) is 5.75 Å². The number of anilines is 1. The van der Waals surface area contributed by atoms with Crippen LogP contribution in [0.25, 0.3) is 0 Å². The number of hydrogen-bond donors (Lipinski definition) is 2. The molecule has 1 aliphatic carbocycles. The largest absolute Gasteiger partial charge is 0.489 e. The van der Waals surface area contributed by atoms with Crippen molar-refractivity contribution in [2.75, 3.05) is 11.9 Å². The van der Waals surface area contributed by atoms with Crippen LogP contribution in [0, 0.1) is 11.3 Å². The molecule has 7 nitrogen and oxygen atoms in total. The van der Waals surface area contributed by atoms with Gasteiger partial charge in [-0.15, -0.1) is 0 Å². The van der Waals surface area contributed by atoms with Crippen LogP contribution in [-0.4, -0.2) is 29.6 Å². The van der Waals surface area contributed by atoms with Crippen molar-refractivity contribution in [2.45, 2.75) is 46.1 Å². The Kier molecular flexibility index (Phi) is 4.61. The van der Waals surface area contributed by atoms with Gasteiger partial charge in [0.25, 0.3) is 11.8 Å². The lowest BCUT2D eigenvalue weighted by molar-refractivity contribution is -0.118. The van der Waals surface area contributed by atoms with E-state index in [0.29, 0.717) is 17.4 Å². The average Bonchev–Trinajstić information content (AvgIpc) is 3.01. The molecule has 1 aromatic carbocycles. The highest BCUT2D eigenvalue weighted by atomic mass is 16.5. The average molecular weight is 383 g/mol. The van der Waals surface area contributed by atoms with E-state index in [2.05, 4.69) is 36.6 Å². The van der Waals surface area contributed by atoms with E-state index in [-0.39, 0.29) is 23.6 Å². The predicted molar refractivity (Wildman–Crippen MR) is 103 cm³/mol. The Morgan fingerprint density at radius 2 is 2.07 bits per heavy atom. The van der Waals surface area contributed by atoms with E-state index in [1.807, 2.05) is 12.1 Å². The van der Waals surface area contributed by atoms with Crippen LogP contribution in [0.15, 0.2) is 28.8 Å². The lowest BCUT2D eigenvalue weighted by Gasteiger charge is -2.33. The highest BCUT2D eigenvalue weighted by molar-refractivity contribution is 6.02. The highest BCUT2D eigenvalue weighted by Gasteiger charge is 2.35. The monoisotopic (exact) mass is 383 g/mol. The van der Waals surface area contributed by atoms with Crippen LogP contribution >= 0.6 is 0 Å². The third-order valence-electron chi connectivity index (χ3n) is 5.65. The van der Waals surface area contributed by atoms with Crippen LogP contribution in [0.3, 0.4) is 0 Å². The van der Waals surface area contributed by atoms with Crippen molar-refractivity contribution >= 4 is 17.5 Å². The van der Waals surface area contributed by atoms with Crippen molar-refractivity contribution in [1.82, 2.24) is 10.5 Å². The predicted octanol–water partition coefficient (Wildman–Crippen LogP) is 2.96. The molecule has 0 bridgehead atoms. The van der Waals surface area contributed by atoms with Gasteiger partial charge < -0.3 is 19.9 Å². The summed E-state index contributed by atoms with van der Waals surface area (Å²) in [7, 11) is 0. The van der Waals surface area contributed by atoms with E-state index in [1.54, 1.807) is 12.1 Å². The van der Waals surface area contributed by atoms with Crippen molar-refractivity contribution in [3.8, 4) is 5.75 Å². The lowest BCUT2D eigenvalue weighted by Crippen LogP contribution is -2.46. The first-order chi connectivity index (χ1) is 13.3. The topological polar surface area (TPSA) is 93.5 Å². The van der Waals surface area contributed by atoms with E-state index in [4.69, 9.17) is 9.26 Å². The molecule has 7 heteroatoms. The third-order valence-corrected chi connectivity index (χ3v) is 5.65. The summed E-state index contributed by atoms with van der Waals surface area (Å²) in [5, 5.41) is 9.55. The number of aromatic nitrogens is 1. The Bertz CT molecular complexity index is 913. The molecule has 0 spiro atoms. The number of carbonyl (C=O) groups is 2. The molecule has 0 saturated carbocycles. The minimum absolute atomic E-state index is 0.0548. The quantitative estimate of drug-likeness (QED) is 0.832. The van der Waals surface area contributed by atoms with Crippen LogP contribution < -0.4 is 15.4 Å². The molecular formula is C21H25N3O4. The Balaban J connectivity index is 1.50. The van der Waals surface area contributed by atoms with Crippen molar-refractivity contribution in [3.63, 3.8) is 0 Å². The molecule has 1 aromatic heterocycles. The summed E-state index contributed by atoms with van der Waals surface area (Å²) in [4.78, 5) is 25.4. The van der Waals surface area contributed by atoms with E-state index >= 15 is 0 Å². The number of ether oxygens (including phenoxy) is 1. The summed E-state index contributed by atoms with van der Waals surface area (Å²) in [6.07, 6.45) is 2.55. The number of para-hydroxylation sites is 2. The summed E-state index contributed by atoms with van der Waals surface area (Å²) in [6.45, 7) is 6.68. The number of fused-ring (bicyclic) bond motifs is 2. The number of aryl methyl sites for hydroxylation is 1. The standard InChI is InChI=1S/C21H25N3O4/c1-21(2,3)12-8-9-16-13(10-12)18(24-28-16)20(26)23-15-11-27-17-7-5-4-6-14(17)22-19(15)25/h4-7,12,15H,8-11H2,1-3H3,(H,22,25)(H,23,26)/t12?,15-/m0/s1. The zero-order valence-corrected chi connectivity index (χ0v) is 16.4. The highest BCUT2D eigenvalue weighted by Crippen LogP contribution is 2.38. The summed E-state index contributed by atoms with van der Waals surface area (Å²) >= 11 is 0. The fraction of sp³-hybridized carbons (Fsp3) is 0.476. The van der Waals surface area contributed by atoms with Gasteiger partial charge in [0.2, 0.25) is 0 Å². The van der Waals surface area contributed by atoms with Crippen molar-refractivity contribution in [3.05, 3.63) is 41.3 Å². The van der Waals surface area contributed by atoms with Crippen LogP contribution in [0.4, 0.5) is 5.69 Å². The molecule has 4 rings (SSSR count). The summed E-state index contributed by atoms with van der Waals surface area (Å²) in [6, 6.07) is 6.37. The fourth-order valence-corrected chi connectivity index (χ4v) is 3.82. The van der Waals surface area contributed by atoms with Gasteiger partial charge in [0.15, 0.2) is 5.69 Å². The molecule has 28 heavy (non-hydrogen) atoms. The molecule has 2 amide bonds. The van der Waals surface area contributed by atoms with Gasteiger partial charge >= 0.3 is 0 Å². The van der Waals surface area contributed by atoms with Gasteiger partial charge in [-0.25, -0.2) is 0 Å². The molecule has 0 fully saturated rings. The summed E-state index contributed by atoms with van der Waals surface area (Å²) < 4.78 is 11.1. The Hall–Kier alpha value is -2.83. The Morgan fingerprint density at radius 1 is 1.29 bits per heavy atom.